The van der Waals surface area contributed by atoms with Crippen molar-refractivity contribution in [1.29, 1.82) is 0 Å². The number of hydrogen-bond donors (Lipinski definition) is 1. The molecule has 4 nitrogen and oxygen atoms in total. The van der Waals surface area contributed by atoms with Crippen LogP contribution in [0.5, 0.6) is 0 Å². The average molecular weight is 274 g/mol. The highest BCUT2D eigenvalue weighted by Crippen LogP contribution is 2.21. The van der Waals surface area contributed by atoms with Crippen LogP contribution in [0.15, 0.2) is 36.5 Å². The van der Waals surface area contributed by atoms with Gasteiger partial charge in [0.05, 0.1) is 17.2 Å². The number of imidazole rings is 1. The van der Waals surface area contributed by atoms with E-state index in [4.69, 9.17) is 5.73 Å². The zero-order valence-electron chi connectivity index (χ0n) is 10.6. The number of fused-ring (bicyclic) bond motifs is 1. The second-order valence-corrected chi connectivity index (χ2v) is 4.37. The first-order chi connectivity index (χ1) is 9.69. The molecule has 0 aliphatic rings. The van der Waals surface area contributed by atoms with Crippen LogP contribution in [0.2, 0.25) is 0 Å². The number of rotatable bonds is 3. The molecule has 0 bridgehead atoms. The summed E-state index contributed by atoms with van der Waals surface area (Å²) < 4.78 is 28.1. The van der Waals surface area contributed by atoms with Crippen molar-refractivity contribution in [2.45, 2.75) is 6.42 Å². The van der Waals surface area contributed by atoms with Gasteiger partial charge in [0.15, 0.2) is 0 Å². The van der Waals surface area contributed by atoms with Gasteiger partial charge in [0.25, 0.3) is 0 Å². The van der Waals surface area contributed by atoms with Crippen LogP contribution < -0.4 is 5.73 Å². The van der Waals surface area contributed by atoms with Crippen LogP contribution >= 0.6 is 0 Å². The van der Waals surface area contributed by atoms with Crippen molar-refractivity contribution in [3.05, 3.63) is 54.0 Å². The smallest absolute Gasteiger partial charge is 0.141 e. The molecule has 3 aromatic rings. The third kappa shape index (κ3) is 2.14. The Morgan fingerprint density at radius 3 is 2.60 bits per heavy atom. The summed E-state index contributed by atoms with van der Waals surface area (Å²) in [7, 11) is 0. The van der Waals surface area contributed by atoms with Crippen molar-refractivity contribution in [3.63, 3.8) is 0 Å². The van der Waals surface area contributed by atoms with Gasteiger partial charge in [-0.05, 0) is 30.8 Å². The molecule has 102 valence electrons. The van der Waals surface area contributed by atoms with E-state index in [1.165, 1.54) is 24.3 Å². The Bertz CT molecular complexity index is 750. The van der Waals surface area contributed by atoms with Gasteiger partial charge in [-0.25, -0.2) is 18.7 Å². The van der Waals surface area contributed by atoms with E-state index in [-0.39, 0.29) is 5.82 Å². The van der Waals surface area contributed by atoms with Crippen LogP contribution in [0.3, 0.4) is 0 Å². The summed E-state index contributed by atoms with van der Waals surface area (Å²) in [5, 5.41) is 0. The molecule has 0 atom stereocenters. The van der Waals surface area contributed by atoms with E-state index in [0.717, 1.165) is 6.20 Å². The molecule has 0 unspecified atom stereocenters. The van der Waals surface area contributed by atoms with Crippen molar-refractivity contribution < 1.29 is 8.78 Å². The van der Waals surface area contributed by atoms with Gasteiger partial charge in [0.1, 0.15) is 23.3 Å². The van der Waals surface area contributed by atoms with Crippen molar-refractivity contribution in [1.82, 2.24) is 14.5 Å². The van der Waals surface area contributed by atoms with E-state index in [1.807, 2.05) is 0 Å². The number of benzene rings is 1. The van der Waals surface area contributed by atoms with Crippen LogP contribution in [0, 0.1) is 11.6 Å². The maximum absolute atomic E-state index is 13.4. The number of aromatic nitrogens is 3. The van der Waals surface area contributed by atoms with Crippen LogP contribution in [0.4, 0.5) is 8.78 Å². The molecule has 1 aromatic carbocycles. The molecule has 0 amide bonds. The van der Waals surface area contributed by atoms with Gasteiger partial charge in [-0.2, -0.15) is 0 Å². The monoisotopic (exact) mass is 274 g/mol. The second kappa shape index (κ2) is 4.97. The Hall–Kier alpha value is -2.34. The predicted octanol–water partition coefficient (Wildman–Crippen LogP) is 2.20. The summed E-state index contributed by atoms with van der Waals surface area (Å²) in [6.07, 6.45) is 1.64. The molecule has 0 radical (unpaired) electrons. The van der Waals surface area contributed by atoms with Gasteiger partial charge in [-0.3, -0.25) is 4.57 Å². The SMILES string of the molecule is NCCc1nc2ccc(F)cc2n1-c1ccc(F)cn1. The molecule has 0 fully saturated rings. The summed E-state index contributed by atoms with van der Waals surface area (Å²) in [5.41, 5.74) is 6.82. The zero-order chi connectivity index (χ0) is 14.1. The van der Waals surface area contributed by atoms with Crippen LogP contribution in [0.1, 0.15) is 5.82 Å². The number of nitrogens with two attached hydrogens (primary N) is 1. The fraction of sp³-hybridized carbons (Fsp3) is 0.143. The molecule has 6 heteroatoms. The first kappa shape index (κ1) is 12.7. The summed E-state index contributed by atoms with van der Waals surface area (Å²) in [6, 6.07) is 7.17. The Morgan fingerprint density at radius 2 is 1.90 bits per heavy atom. The number of halogens is 2. The third-order valence-corrected chi connectivity index (χ3v) is 2.99. The molecular formula is C14H12F2N4. The lowest BCUT2D eigenvalue weighted by atomic mass is 10.3. The van der Waals surface area contributed by atoms with E-state index < -0.39 is 5.82 Å². The predicted molar refractivity (Wildman–Crippen MR) is 71.5 cm³/mol. The summed E-state index contributed by atoms with van der Waals surface area (Å²) in [4.78, 5) is 8.45. The number of hydrogen-bond acceptors (Lipinski definition) is 3. The van der Waals surface area contributed by atoms with Crippen LogP contribution in [-0.2, 0) is 6.42 Å². The third-order valence-electron chi connectivity index (χ3n) is 2.99. The second-order valence-electron chi connectivity index (χ2n) is 4.37. The van der Waals surface area contributed by atoms with Gasteiger partial charge in [0.2, 0.25) is 0 Å². The Morgan fingerprint density at radius 1 is 1.10 bits per heavy atom. The van der Waals surface area contributed by atoms with Crippen molar-refractivity contribution in [2.24, 2.45) is 5.73 Å². The first-order valence-corrected chi connectivity index (χ1v) is 6.18. The molecule has 0 saturated heterocycles. The number of nitrogens with zero attached hydrogens (tertiary/aromatic N) is 3. The minimum atomic E-state index is -0.426. The lowest BCUT2D eigenvalue weighted by Crippen LogP contribution is -2.10. The molecule has 0 saturated carbocycles. The first-order valence-electron chi connectivity index (χ1n) is 6.18. The van der Waals surface area contributed by atoms with Gasteiger partial charge in [-0.1, -0.05) is 0 Å². The maximum Gasteiger partial charge on any atom is 0.141 e. The lowest BCUT2D eigenvalue weighted by Gasteiger charge is -2.07. The average Bonchev–Trinajstić information content (AvgIpc) is 2.78. The van der Waals surface area contributed by atoms with Gasteiger partial charge in [0, 0.05) is 12.5 Å². The molecule has 20 heavy (non-hydrogen) atoms. The van der Waals surface area contributed by atoms with Crippen LogP contribution in [0.25, 0.3) is 16.9 Å². The minimum Gasteiger partial charge on any atom is -0.330 e. The molecule has 0 aliphatic carbocycles. The summed E-state index contributed by atoms with van der Waals surface area (Å²) in [6.45, 7) is 0.410. The fourth-order valence-corrected chi connectivity index (χ4v) is 2.15. The minimum absolute atomic E-state index is 0.361. The molecule has 2 N–H and O–H groups in total. The van der Waals surface area contributed by atoms with Crippen molar-refractivity contribution in [2.75, 3.05) is 6.54 Å². The lowest BCUT2D eigenvalue weighted by molar-refractivity contribution is 0.619. The Kier molecular flexibility index (Phi) is 3.15. The van der Waals surface area contributed by atoms with Crippen molar-refractivity contribution >= 4 is 11.0 Å². The van der Waals surface area contributed by atoms with Gasteiger partial charge in [-0.15, -0.1) is 0 Å². The van der Waals surface area contributed by atoms with E-state index in [1.54, 1.807) is 10.6 Å². The van der Waals surface area contributed by atoms with Crippen LogP contribution in [-0.4, -0.2) is 21.1 Å². The standard InChI is InChI=1S/C14H12F2N4/c15-9-1-3-11-12(7-9)20(14(19-11)5-6-17)13-4-2-10(16)8-18-13/h1-4,7-8H,5-6,17H2. The molecule has 0 aliphatic heterocycles. The highest BCUT2D eigenvalue weighted by molar-refractivity contribution is 5.78. The van der Waals surface area contributed by atoms with E-state index >= 15 is 0 Å². The van der Waals surface area contributed by atoms with Gasteiger partial charge >= 0.3 is 0 Å². The zero-order valence-corrected chi connectivity index (χ0v) is 10.6. The molecule has 0 spiro atoms. The topological polar surface area (TPSA) is 56.7 Å². The Balaban J connectivity index is 2.27. The molecule has 2 aromatic heterocycles. The summed E-state index contributed by atoms with van der Waals surface area (Å²) >= 11 is 0. The largest absolute Gasteiger partial charge is 0.330 e. The number of pyridine rings is 1. The maximum atomic E-state index is 13.4. The molecule has 2 heterocycles. The quantitative estimate of drug-likeness (QED) is 0.796. The fourth-order valence-electron chi connectivity index (χ4n) is 2.15. The van der Waals surface area contributed by atoms with E-state index in [9.17, 15) is 8.78 Å². The van der Waals surface area contributed by atoms with E-state index in [2.05, 4.69) is 9.97 Å². The summed E-state index contributed by atoms with van der Waals surface area (Å²) in [5.74, 6) is 0.375. The highest BCUT2D eigenvalue weighted by atomic mass is 19.1. The van der Waals surface area contributed by atoms with Gasteiger partial charge < -0.3 is 5.73 Å². The van der Waals surface area contributed by atoms with E-state index in [0.29, 0.717) is 35.6 Å². The normalized spacial score (nSPS) is 11.2. The van der Waals surface area contributed by atoms with Crippen molar-refractivity contribution in [3.8, 4) is 5.82 Å². The Labute approximate surface area is 113 Å². The molecule has 3 rings (SSSR count). The highest BCUT2D eigenvalue weighted by Gasteiger charge is 2.13. The molecular weight excluding hydrogens is 262 g/mol.